The third-order valence-corrected chi connectivity index (χ3v) is 3.88. The van der Waals surface area contributed by atoms with Gasteiger partial charge in [-0.1, -0.05) is 24.3 Å². The maximum atomic E-state index is 12.6. The molecule has 2 aromatic carbocycles. The molecular weight excluding hydrogens is 302 g/mol. The zero-order valence-corrected chi connectivity index (χ0v) is 14.2. The van der Waals surface area contributed by atoms with Crippen LogP contribution in [-0.4, -0.2) is 38.5 Å². The van der Waals surface area contributed by atoms with E-state index in [4.69, 9.17) is 0 Å². The number of rotatable bonds is 6. The van der Waals surface area contributed by atoms with E-state index < -0.39 is 0 Å². The summed E-state index contributed by atoms with van der Waals surface area (Å²) in [5.41, 5.74) is 1.77. The van der Waals surface area contributed by atoms with E-state index >= 15 is 0 Å². The highest BCUT2D eigenvalue weighted by atomic mass is 16.2. The molecule has 0 aliphatic carbocycles. The number of benzene rings is 2. The monoisotopic (exact) mass is 325 g/mol. The molecule has 1 unspecified atom stereocenters. The number of carbonyl (C=O) groups is 2. The molecular formula is C19H23N3O2. The molecule has 0 aliphatic rings. The zero-order valence-electron chi connectivity index (χ0n) is 14.2. The lowest BCUT2D eigenvalue weighted by atomic mass is 10.1. The van der Waals surface area contributed by atoms with Crippen molar-refractivity contribution in [2.45, 2.75) is 13.0 Å². The Kier molecular flexibility index (Phi) is 6.09. The summed E-state index contributed by atoms with van der Waals surface area (Å²) < 4.78 is 0. The molecule has 5 nitrogen and oxygen atoms in total. The highest BCUT2D eigenvalue weighted by molar-refractivity contribution is 6.07. The molecule has 0 spiro atoms. The van der Waals surface area contributed by atoms with Crippen LogP contribution in [0.2, 0.25) is 0 Å². The van der Waals surface area contributed by atoms with E-state index in [1.807, 2.05) is 44.3 Å². The van der Waals surface area contributed by atoms with Crippen LogP contribution in [0.4, 0.5) is 5.69 Å². The molecule has 24 heavy (non-hydrogen) atoms. The fourth-order valence-corrected chi connectivity index (χ4v) is 2.21. The number of anilines is 1. The van der Waals surface area contributed by atoms with Crippen LogP contribution >= 0.6 is 0 Å². The van der Waals surface area contributed by atoms with Crippen molar-refractivity contribution in [2.24, 2.45) is 0 Å². The number of nitrogens with zero attached hydrogens (tertiary/aromatic N) is 1. The summed E-state index contributed by atoms with van der Waals surface area (Å²) in [5.74, 6) is -0.339. The fraction of sp³-hybridized carbons (Fsp3) is 0.263. The first-order chi connectivity index (χ1) is 11.5. The van der Waals surface area contributed by atoms with E-state index in [9.17, 15) is 9.59 Å². The van der Waals surface area contributed by atoms with Crippen LogP contribution in [0.5, 0.6) is 0 Å². The second-order valence-electron chi connectivity index (χ2n) is 5.68. The molecule has 2 amide bonds. The Labute approximate surface area is 142 Å². The Balaban J connectivity index is 2.12. The Morgan fingerprint density at radius 2 is 1.71 bits per heavy atom. The third kappa shape index (κ3) is 4.43. The number of hydrogen-bond donors (Lipinski definition) is 2. The van der Waals surface area contributed by atoms with Crippen LogP contribution in [-0.2, 0) is 0 Å². The lowest BCUT2D eigenvalue weighted by Gasteiger charge is -2.17. The normalized spacial score (nSPS) is 11.6. The van der Waals surface area contributed by atoms with Crippen LogP contribution in [0, 0.1) is 0 Å². The van der Waals surface area contributed by atoms with Crippen molar-refractivity contribution in [1.82, 2.24) is 10.6 Å². The summed E-state index contributed by atoms with van der Waals surface area (Å²) in [7, 11) is 3.56. The maximum Gasteiger partial charge on any atom is 0.258 e. The molecule has 0 bridgehead atoms. The molecule has 0 saturated heterocycles. The maximum absolute atomic E-state index is 12.6. The van der Waals surface area contributed by atoms with Gasteiger partial charge in [-0.15, -0.1) is 0 Å². The van der Waals surface area contributed by atoms with Crippen molar-refractivity contribution in [2.75, 3.05) is 25.5 Å². The van der Waals surface area contributed by atoms with Crippen LogP contribution in [0.3, 0.4) is 0 Å². The van der Waals surface area contributed by atoms with Gasteiger partial charge in [-0.25, -0.2) is 0 Å². The van der Waals surface area contributed by atoms with Gasteiger partial charge in [0.05, 0.1) is 0 Å². The van der Waals surface area contributed by atoms with Gasteiger partial charge in [0.1, 0.15) is 0 Å². The summed E-state index contributed by atoms with van der Waals surface area (Å²) in [6, 6.07) is 16.4. The molecule has 0 saturated carbocycles. The standard InChI is InChI=1S/C19H23N3O2/c1-14(20-2)13-21-18(23)15-8-7-9-16(12-15)19(24)22(3)17-10-5-4-6-11-17/h4-12,14,20H,13H2,1-3H3,(H,21,23). The minimum atomic E-state index is -0.186. The minimum absolute atomic E-state index is 0.153. The predicted octanol–water partition coefficient (Wildman–Crippen LogP) is 2.30. The van der Waals surface area contributed by atoms with Gasteiger partial charge in [0, 0.05) is 36.4 Å². The molecule has 2 aromatic rings. The quantitative estimate of drug-likeness (QED) is 0.857. The Morgan fingerprint density at radius 1 is 1.04 bits per heavy atom. The van der Waals surface area contributed by atoms with Gasteiger partial charge in [0.25, 0.3) is 11.8 Å². The Bertz CT molecular complexity index is 701. The molecule has 0 heterocycles. The Hall–Kier alpha value is -2.66. The summed E-state index contributed by atoms with van der Waals surface area (Å²) >= 11 is 0. The summed E-state index contributed by atoms with van der Waals surface area (Å²) in [6.07, 6.45) is 0. The van der Waals surface area contributed by atoms with Crippen LogP contribution in [0.15, 0.2) is 54.6 Å². The topological polar surface area (TPSA) is 61.4 Å². The van der Waals surface area contributed by atoms with Gasteiger partial charge in [0.2, 0.25) is 0 Å². The highest BCUT2D eigenvalue weighted by Crippen LogP contribution is 2.15. The fourth-order valence-electron chi connectivity index (χ4n) is 2.21. The van der Waals surface area contributed by atoms with E-state index in [1.54, 1.807) is 36.2 Å². The van der Waals surface area contributed by atoms with Crippen molar-refractivity contribution in [3.05, 3.63) is 65.7 Å². The summed E-state index contributed by atoms with van der Waals surface area (Å²) in [4.78, 5) is 26.4. The SMILES string of the molecule is CNC(C)CNC(=O)c1cccc(C(=O)N(C)c2ccccc2)c1. The third-order valence-electron chi connectivity index (χ3n) is 3.88. The molecule has 0 aliphatic heterocycles. The number of carbonyl (C=O) groups excluding carboxylic acids is 2. The van der Waals surface area contributed by atoms with Crippen molar-refractivity contribution in [3.8, 4) is 0 Å². The van der Waals surface area contributed by atoms with Gasteiger partial charge in [-0.2, -0.15) is 0 Å². The lowest BCUT2D eigenvalue weighted by Crippen LogP contribution is -2.37. The molecule has 0 fully saturated rings. The average Bonchev–Trinajstić information content (AvgIpc) is 2.65. The van der Waals surface area contributed by atoms with Crippen molar-refractivity contribution >= 4 is 17.5 Å². The first-order valence-corrected chi connectivity index (χ1v) is 7.91. The van der Waals surface area contributed by atoms with Crippen LogP contribution in [0.1, 0.15) is 27.6 Å². The number of likely N-dealkylation sites (N-methyl/N-ethyl adjacent to an activating group) is 1. The highest BCUT2D eigenvalue weighted by Gasteiger charge is 2.15. The number of para-hydroxylation sites is 1. The molecule has 5 heteroatoms. The van der Waals surface area contributed by atoms with E-state index in [1.165, 1.54) is 0 Å². The van der Waals surface area contributed by atoms with Crippen molar-refractivity contribution in [3.63, 3.8) is 0 Å². The minimum Gasteiger partial charge on any atom is -0.350 e. The number of hydrogen-bond acceptors (Lipinski definition) is 3. The average molecular weight is 325 g/mol. The predicted molar refractivity (Wildman–Crippen MR) is 96.5 cm³/mol. The van der Waals surface area contributed by atoms with E-state index in [0.717, 1.165) is 5.69 Å². The van der Waals surface area contributed by atoms with Gasteiger partial charge < -0.3 is 15.5 Å². The largest absolute Gasteiger partial charge is 0.350 e. The summed E-state index contributed by atoms with van der Waals surface area (Å²) in [5, 5.41) is 5.91. The molecule has 0 aromatic heterocycles. The second kappa shape index (κ2) is 8.26. The zero-order chi connectivity index (χ0) is 17.5. The smallest absolute Gasteiger partial charge is 0.258 e. The van der Waals surface area contributed by atoms with Crippen molar-refractivity contribution < 1.29 is 9.59 Å². The van der Waals surface area contributed by atoms with Crippen LogP contribution < -0.4 is 15.5 Å². The van der Waals surface area contributed by atoms with Crippen molar-refractivity contribution in [1.29, 1.82) is 0 Å². The second-order valence-corrected chi connectivity index (χ2v) is 5.68. The first kappa shape index (κ1) is 17.7. The first-order valence-electron chi connectivity index (χ1n) is 7.91. The van der Waals surface area contributed by atoms with Gasteiger partial charge in [-0.05, 0) is 44.3 Å². The van der Waals surface area contributed by atoms with Gasteiger partial charge in [0.15, 0.2) is 0 Å². The molecule has 126 valence electrons. The van der Waals surface area contributed by atoms with E-state index in [2.05, 4.69) is 10.6 Å². The number of nitrogens with one attached hydrogen (secondary N) is 2. The Morgan fingerprint density at radius 3 is 2.38 bits per heavy atom. The van der Waals surface area contributed by atoms with Gasteiger partial charge >= 0.3 is 0 Å². The van der Waals surface area contributed by atoms with E-state index in [0.29, 0.717) is 17.7 Å². The van der Waals surface area contributed by atoms with Crippen LogP contribution in [0.25, 0.3) is 0 Å². The summed E-state index contributed by atoms with van der Waals surface area (Å²) in [6.45, 7) is 2.51. The number of amides is 2. The van der Waals surface area contributed by atoms with Gasteiger partial charge in [-0.3, -0.25) is 9.59 Å². The van der Waals surface area contributed by atoms with E-state index in [-0.39, 0.29) is 17.9 Å². The molecule has 2 rings (SSSR count). The molecule has 1 atom stereocenters. The molecule has 2 N–H and O–H groups in total. The lowest BCUT2D eigenvalue weighted by molar-refractivity contribution is 0.0950. The molecule has 0 radical (unpaired) electrons.